The minimum absolute atomic E-state index is 0.110. The van der Waals surface area contributed by atoms with Crippen molar-refractivity contribution in [1.29, 1.82) is 0 Å². The number of hydrogen-bond acceptors (Lipinski definition) is 3. The van der Waals surface area contributed by atoms with Gasteiger partial charge in [0.2, 0.25) is 0 Å². The van der Waals surface area contributed by atoms with Crippen molar-refractivity contribution in [2.75, 3.05) is 4.90 Å². The van der Waals surface area contributed by atoms with Crippen LogP contribution in [0.25, 0.3) is 84.9 Å². The molecular weight excluding hydrogens is 763 g/mol. The van der Waals surface area contributed by atoms with E-state index in [2.05, 4.69) is 219 Å². The monoisotopic (exact) mass is 801 g/mol. The van der Waals surface area contributed by atoms with E-state index in [0.29, 0.717) is 0 Å². The molecule has 0 N–H and O–H groups in total. The second-order valence-corrected chi connectivity index (χ2v) is 18.6. The van der Waals surface area contributed by atoms with Crippen molar-refractivity contribution in [3.63, 3.8) is 0 Å². The van der Waals surface area contributed by atoms with E-state index in [1.54, 1.807) is 0 Å². The fourth-order valence-corrected chi connectivity index (χ4v) is 12.1. The Morgan fingerprint density at radius 2 is 0.900 bits per heavy atom. The van der Waals surface area contributed by atoms with Gasteiger partial charge in [0.25, 0.3) is 0 Å². The Morgan fingerprint density at radius 1 is 0.350 bits per heavy atom. The van der Waals surface area contributed by atoms with Crippen LogP contribution in [0.2, 0.25) is 0 Å². The molecule has 2 aromatic heterocycles. The molecule has 284 valence electrons. The fourth-order valence-electron chi connectivity index (χ4n) is 9.83. The molecule has 0 radical (unpaired) electrons. The van der Waals surface area contributed by atoms with E-state index in [-0.39, 0.29) is 5.41 Å². The van der Waals surface area contributed by atoms with Gasteiger partial charge < -0.3 is 4.90 Å². The number of benzene rings is 9. The lowest BCUT2D eigenvalue weighted by Gasteiger charge is -2.30. The number of fused-ring (bicyclic) bond motifs is 9. The Labute approximate surface area is 358 Å². The first-order chi connectivity index (χ1) is 29.5. The summed E-state index contributed by atoms with van der Waals surface area (Å²) in [5, 5.41) is 5.19. The van der Waals surface area contributed by atoms with Crippen molar-refractivity contribution < 1.29 is 0 Å². The van der Waals surface area contributed by atoms with Crippen LogP contribution in [0, 0.1) is 0 Å². The van der Waals surface area contributed by atoms with Gasteiger partial charge in [-0.3, -0.25) is 0 Å². The van der Waals surface area contributed by atoms with E-state index in [1.807, 2.05) is 22.7 Å². The largest absolute Gasteiger partial charge is 0.310 e. The molecular formula is C57H39NS2. The summed E-state index contributed by atoms with van der Waals surface area (Å²) in [5.74, 6) is 0. The standard InChI is InChI=1S/C57H39NS2/c1-57(2)48-21-9-6-18-46(48)56-45(19-12-22-49(56)57)44-20-13-23-50(55(44)38-28-32-43-41-16-7-10-24-51(41)60-54(43)34-38)58(39-29-26-37(27-30-39)36-14-4-3-5-15-36)40-31-33-53-47(35-40)42-17-8-11-25-52(42)59-53/h3-35H,1-2H3. The van der Waals surface area contributed by atoms with Crippen LogP contribution in [0.5, 0.6) is 0 Å². The Morgan fingerprint density at radius 3 is 1.70 bits per heavy atom. The second kappa shape index (κ2) is 13.6. The summed E-state index contributed by atoms with van der Waals surface area (Å²) >= 11 is 3.74. The molecule has 0 amide bonds. The third-order valence-corrected chi connectivity index (χ3v) is 15.0. The average Bonchev–Trinajstić information content (AvgIpc) is 3.94. The van der Waals surface area contributed by atoms with Crippen LogP contribution in [-0.2, 0) is 5.41 Å². The number of anilines is 3. The zero-order valence-corrected chi connectivity index (χ0v) is 34.9. The second-order valence-electron chi connectivity index (χ2n) is 16.4. The van der Waals surface area contributed by atoms with Crippen molar-refractivity contribution in [3.8, 4) is 44.5 Å². The normalized spacial score (nSPS) is 13.0. The van der Waals surface area contributed by atoms with Crippen LogP contribution in [0.4, 0.5) is 17.1 Å². The minimum atomic E-state index is -0.110. The molecule has 1 nitrogen and oxygen atoms in total. The molecule has 3 heteroatoms. The van der Waals surface area contributed by atoms with Crippen molar-refractivity contribution in [3.05, 3.63) is 211 Å². The number of nitrogens with zero attached hydrogens (tertiary/aromatic N) is 1. The molecule has 0 saturated heterocycles. The molecule has 1 aliphatic carbocycles. The van der Waals surface area contributed by atoms with E-state index >= 15 is 0 Å². The van der Waals surface area contributed by atoms with Gasteiger partial charge in [-0.15, -0.1) is 22.7 Å². The van der Waals surface area contributed by atoms with Crippen LogP contribution in [0.3, 0.4) is 0 Å². The first-order valence-corrected chi connectivity index (χ1v) is 22.3. The van der Waals surface area contributed by atoms with Gasteiger partial charge >= 0.3 is 0 Å². The van der Waals surface area contributed by atoms with E-state index < -0.39 is 0 Å². The highest BCUT2D eigenvalue weighted by Crippen LogP contribution is 2.55. The van der Waals surface area contributed by atoms with E-state index in [0.717, 1.165) is 17.1 Å². The van der Waals surface area contributed by atoms with Crippen LogP contribution in [0.15, 0.2) is 200 Å². The van der Waals surface area contributed by atoms with E-state index in [9.17, 15) is 0 Å². The van der Waals surface area contributed by atoms with Crippen LogP contribution >= 0.6 is 22.7 Å². The van der Waals surface area contributed by atoms with Crippen molar-refractivity contribution >= 4 is 80.1 Å². The molecule has 0 saturated carbocycles. The lowest BCUT2D eigenvalue weighted by atomic mass is 9.81. The molecule has 0 fully saturated rings. The summed E-state index contributed by atoms with van der Waals surface area (Å²) in [5.41, 5.74) is 16.0. The highest BCUT2D eigenvalue weighted by Gasteiger charge is 2.37. The predicted octanol–water partition coefficient (Wildman–Crippen LogP) is 17.2. The topological polar surface area (TPSA) is 3.24 Å². The predicted molar refractivity (Wildman–Crippen MR) is 261 cm³/mol. The van der Waals surface area contributed by atoms with Crippen molar-refractivity contribution in [2.45, 2.75) is 19.3 Å². The van der Waals surface area contributed by atoms with E-state index in [1.165, 1.54) is 96.0 Å². The maximum Gasteiger partial charge on any atom is 0.0546 e. The fraction of sp³-hybridized carbons (Fsp3) is 0.0526. The highest BCUT2D eigenvalue weighted by atomic mass is 32.1. The summed E-state index contributed by atoms with van der Waals surface area (Å²) in [7, 11) is 0. The third-order valence-electron chi connectivity index (χ3n) is 12.7. The molecule has 1 aliphatic rings. The van der Waals surface area contributed by atoms with Crippen molar-refractivity contribution in [2.24, 2.45) is 0 Å². The quantitative estimate of drug-likeness (QED) is 0.162. The van der Waals surface area contributed by atoms with Crippen molar-refractivity contribution in [1.82, 2.24) is 0 Å². The average molecular weight is 802 g/mol. The number of thiophene rings is 2. The smallest absolute Gasteiger partial charge is 0.0546 e. The Bertz CT molecular complexity index is 3460. The third kappa shape index (κ3) is 5.43. The SMILES string of the molecule is CC1(C)c2ccccc2-c2c(-c3cccc(N(c4ccc(-c5ccccc5)cc4)c4ccc5sc6ccccc6c5c4)c3-c3ccc4c(c3)sc3ccccc34)cccc21. The summed E-state index contributed by atoms with van der Waals surface area (Å²) < 4.78 is 5.21. The highest BCUT2D eigenvalue weighted by molar-refractivity contribution is 7.26. The molecule has 0 spiro atoms. The summed E-state index contributed by atoms with van der Waals surface area (Å²) in [6.45, 7) is 4.75. The van der Waals surface area contributed by atoms with Gasteiger partial charge in [0.05, 0.1) is 5.69 Å². The van der Waals surface area contributed by atoms with Crippen LogP contribution < -0.4 is 4.90 Å². The molecule has 60 heavy (non-hydrogen) atoms. The molecule has 11 aromatic rings. The molecule has 12 rings (SSSR count). The van der Waals surface area contributed by atoms with Crippen LogP contribution in [-0.4, -0.2) is 0 Å². The van der Waals surface area contributed by atoms with Gasteiger partial charge in [0.15, 0.2) is 0 Å². The molecule has 0 atom stereocenters. The summed E-state index contributed by atoms with van der Waals surface area (Å²) in [6, 6.07) is 74.5. The number of hydrogen-bond donors (Lipinski definition) is 0. The summed E-state index contributed by atoms with van der Waals surface area (Å²) in [6.07, 6.45) is 0. The van der Waals surface area contributed by atoms with E-state index in [4.69, 9.17) is 0 Å². The first-order valence-electron chi connectivity index (χ1n) is 20.7. The van der Waals surface area contributed by atoms with Crippen LogP contribution in [0.1, 0.15) is 25.0 Å². The van der Waals surface area contributed by atoms with Gasteiger partial charge in [-0.1, -0.05) is 159 Å². The maximum absolute atomic E-state index is 2.50. The Kier molecular flexibility index (Phi) is 8.00. The first kappa shape index (κ1) is 35.2. The summed E-state index contributed by atoms with van der Waals surface area (Å²) in [4.78, 5) is 2.50. The number of rotatable bonds is 6. The zero-order valence-electron chi connectivity index (χ0n) is 33.3. The van der Waals surface area contributed by atoms with Gasteiger partial charge in [-0.25, -0.2) is 0 Å². The van der Waals surface area contributed by atoms with Gasteiger partial charge in [0, 0.05) is 62.7 Å². The molecule has 0 aliphatic heterocycles. The molecule has 0 unspecified atom stereocenters. The van der Waals surface area contributed by atoms with Gasteiger partial charge in [0.1, 0.15) is 0 Å². The Balaban J connectivity index is 1.16. The lowest BCUT2D eigenvalue weighted by molar-refractivity contribution is 0.660. The Hall–Kier alpha value is -6.78. The minimum Gasteiger partial charge on any atom is -0.310 e. The zero-order chi connectivity index (χ0) is 40.0. The molecule has 0 bridgehead atoms. The maximum atomic E-state index is 2.50. The molecule has 9 aromatic carbocycles. The van der Waals surface area contributed by atoms with Gasteiger partial charge in [-0.2, -0.15) is 0 Å². The lowest BCUT2D eigenvalue weighted by Crippen LogP contribution is -2.14. The molecule has 2 heterocycles. The van der Waals surface area contributed by atoms with Gasteiger partial charge in [-0.05, 0) is 105 Å².